The second-order valence-corrected chi connectivity index (χ2v) is 9.07. The van der Waals surface area contributed by atoms with Gasteiger partial charge in [0.2, 0.25) is 17.7 Å². The van der Waals surface area contributed by atoms with Gasteiger partial charge >= 0.3 is 11.9 Å². The van der Waals surface area contributed by atoms with Gasteiger partial charge in [-0.2, -0.15) is 0 Å². The average Bonchev–Trinajstić information content (AvgIpc) is 3.40. The molecule has 1 aromatic heterocycles. The standard InChI is InChI=1S/C23H40N10O7/c24-8-2-1-5-15(20(37)32-16(22(39)40)6-7-18(34)35)31-21(38)17(10-13-11-28-12-30-13)33-19(36)14(25)4-3-9-29-23(26)27/h11-12,14-17H,1-10,24-25H2,(H,28,30)(H,31,38)(H,32,37)(H,33,36)(H,34,35)(H,39,40)(H4,26,27,29). The number of unbranched alkanes of at least 4 members (excludes halogenated alkanes) is 1. The summed E-state index contributed by atoms with van der Waals surface area (Å²) in [6.45, 7) is 0.600. The highest BCUT2D eigenvalue weighted by Crippen LogP contribution is 2.07. The quantitative estimate of drug-likeness (QED) is 0.0424. The molecule has 224 valence electrons. The van der Waals surface area contributed by atoms with Crippen LogP contribution in [0, 0.1) is 0 Å². The monoisotopic (exact) mass is 568 g/mol. The van der Waals surface area contributed by atoms with Crippen LogP contribution in [0.1, 0.15) is 50.6 Å². The lowest BCUT2D eigenvalue weighted by atomic mass is 10.0. The molecule has 1 aromatic rings. The number of carboxylic acids is 2. The van der Waals surface area contributed by atoms with Gasteiger partial charge in [-0.3, -0.25) is 24.2 Å². The maximum atomic E-state index is 13.3. The van der Waals surface area contributed by atoms with Gasteiger partial charge in [-0.1, -0.05) is 0 Å². The fraction of sp³-hybridized carbons (Fsp3) is 0.609. The summed E-state index contributed by atoms with van der Waals surface area (Å²) in [6.07, 6.45) is 3.76. The predicted octanol–water partition coefficient (Wildman–Crippen LogP) is -3.13. The van der Waals surface area contributed by atoms with Crippen molar-refractivity contribution in [2.45, 2.75) is 75.5 Å². The van der Waals surface area contributed by atoms with E-state index in [1.54, 1.807) is 0 Å². The summed E-state index contributed by atoms with van der Waals surface area (Å²) in [4.78, 5) is 72.0. The van der Waals surface area contributed by atoms with Crippen LogP contribution >= 0.6 is 0 Å². The molecule has 14 N–H and O–H groups in total. The van der Waals surface area contributed by atoms with E-state index in [9.17, 15) is 29.1 Å². The van der Waals surface area contributed by atoms with E-state index in [1.165, 1.54) is 12.5 Å². The van der Waals surface area contributed by atoms with Crippen LogP contribution in [0.3, 0.4) is 0 Å². The third-order valence-electron chi connectivity index (χ3n) is 5.76. The fourth-order valence-corrected chi connectivity index (χ4v) is 3.59. The molecular weight excluding hydrogens is 528 g/mol. The van der Waals surface area contributed by atoms with Gasteiger partial charge in [0.15, 0.2) is 5.96 Å². The Kier molecular flexibility index (Phi) is 15.3. The van der Waals surface area contributed by atoms with E-state index in [0.29, 0.717) is 31.5 Å². The number of hydrogen-bond acceptors (Lipinski definition) is 9. The van der Waals surface area contributed by atoms with Crippen molar-refractivity contribution in [1.29, 1.82) is 0 Å². The Morgan fingerprint density at radius 2 is 1.55 bits per heavy atom. The van der Waals surface area contributed by atoms with Crippen LogP contribution in [0.2, 0.25) is 0 Å². The van der Waals surface area contributed by atoms with Crippen molar-refractivity contribution in [3.63, 3.8) is 0 Å². The number of aromatic amines is 1. The third-order valence-corrected chi connectivity index (χ3v) is 5.76. The summed E-state index contributed by atoms with van der Waals surface area (Å²) in [7, 11) is 0. The van der Waals surface area contributed by atoms with Crippen LogP contribution in [-0.2, 0) is 30.4 Å². The van der Waals surface area contributed by atoms with Crippen molar-refractivity contribution < 1.29 is 34.2 Å². The summed E-state index contributed by atoms with van der Waals surface area (Å²) in [5.41, 5.74) is 22.6. The minimum Gasteiger partial charge on any atom is -0.481 e. The molecule has 0 aliphatic rings. The lowest BCUT2D eigenvalue weighted by Crippen LogP contribution is -2.57. The lowest BCUT2D eigenvalue weighted by Gasteiger charge is -2.25. The molecule has 17 nitrogen and oxygen atoms in total. The SMILES string of the molecule is NCCCCC(NC(=O)C(Cc1cnc[nH]1)NC(=O)C(N)CCCN=C(N)N)C(=O)NC(CCC(=O)O)C(=O)O. The van der Waals surface area contributed by atoms with Gasteiger partial charge in [-0.15, -0.1) is 0 Å². The smallest absolute Gasteiger partial charge is 0.326 e. The Hall–Kier alpha value is -4.25. The number of carboxylic acid groups (broad SMARTS) is 2. The highest BCUT2D eigenvalue weighted by Gasteiger charge is 2.30. The second kappa shape index (κ2) is 18.1. The van der Waals surface area contributed by atoms with Crippen molar-refractivity contribution >= 4 is 35.6 Å². The summed E-state index contributed by atoms with van der Waals surface area (Å²) in [5.74, 6) is -4.88. The van der Waals surface area contributed by atoms with E-state index in [4.69, 9.17) is 28.0 Å². The molecule has 0 fully saturated rings. The maximum Gasteiger partial charge on any atom is 0.326 e. The molecule has 40 heavy (non-hydrogen) atoms. The number of aliphatic imine (C=N–C) groups is 1. The first-order chi connectivity index (χ1) is 18.9. The molecule has 3 amide bonds. The molecule has 0 aliphatic carbocycles. The largest absolute Gasteiger partial charge is 0.481 e. The van der Waals surface area contributed by atoms with Gasteiger partial charge in [0, 0.05) is 31.3 Å². The number of carbonyl (C=O) groups is 5. The number of nitrogens with two attached hydrogens (primary N) is 4. The molecule has 0 radical (unpaired) electrons. The molecule has 4 atom stereocenters. The zero-order valence-electron chi connectivity index (χ0n) is 22.2. The van der Waals surface area contributed by atoms with Gasteiger partial charge in [-0.25, -0.2) is 9.78 Å². The van der Waals surface area contributed by atoms with Crippen LogP contribution in [0.5, 0.6) is 0 Å². The van der Waals surface area contributed by atoms with E-state index in [0.717, 1.165) is 0 Å². The molecule has 4 unspecified atom stereocenters. The minimum absolute atomic E-state index is 0.00814. The first kappa shape index (κ1) is 33.8. The van der Waals surface area contributed by atoms with Gasteiger partial charge in [0.05, 0.1) is 12.4 Å². The molecule has 1 rings (SSSR count). The Balaban J connectivity index is 3.01. The third kappa shape index (κ3) is 13.5. The van der Waals surface area contributed by atoms with Crippen molar-refractivity contribution in [3.05, 3.63) is 18.2 Å². The zero-order chi connectivity index (χ0) is 30.1. The highest BCUT2D eigenvalue weighted by atomic mass is 16.4. The maximum absolute atomic E-state index is 13.3. The van der Waals surface area contributed by atoms with Crippen LogP contribution in [-0.4, -0.2) is 93.1 Å². The van der Waals surface area contributed by atoms with E-state index >= 15 is 0 Å². The first-order valence-electron chi connectivity index (χ1n) is 12.8. The number of guanidine groups is 1. The summed E-state index contributed by atoms with van der Waals surface area (Å²) >= 11 is 0. The Labute approximate surface area is 230 Å². The molecule has 0 aromatic carbocycles. The molecule has 0 spiro atoms. The van der Waals surface area contributed by atoms with Crippen LogP contribution < -0.4 is 38.9 Å². The number of aliphatic carboxylic acids is 2. The number of nitrogens with one attached hydrogen (secondary N) is 4. The molecule has 0 aliphatic heterocycles. The summed E-state index contributed by atoms with van der Waals surface area (Å²) in [6, 6.07) is -4.79. The summed E-state index contributed by atoms with van der Waals surface area (Å²) in [5, 5.41) is 25.7. The number of imidazole rings is 1. The van der Waals surface area contributed by atoms with Gasteiger partial charge in [-0.05, 0) is 45.1 Å². The number of rotatable bonds is 20. The number of aromatic nitrogens is 2. The average molecular weight is 569 g/mol. The number of amides is 3. The number of H-pyrrole nitrogens is 1. The normalized spacial score (nSPS) is 13.8. The van der Waals surface area contributed by atoms with Gasteiger partial charge in [0.25, 0.3) is 0 Å². The number of hydrogen-bond donors (Lipinski definition) is 10. The van der Waals surface area contributed by atoms with Gasteiger partial charge in [0.1, 0.15) is 18.1 Å². The van der Waals surface area contributed by atoms with Gasteiger partial charge < -0.3 is 54.1 Å². The van der Waals surface area contributed by atoms with Crippen molar-refractivity contribution in [2.24, 2.45) is 27.9 Å². The minimum atomic E-state index is -1.48. The number of carbonyl (C=O) groups excluding carboxylic acids is 3. The fourth-order valence-electron chi connectivity index (χ4n) is 3.59. The van der Waals surface area contributed by atoms with Crippen LogP contribution in [0.25, 0.3) is 0 Å². The van der Waals surface area contributed by atoms with Crippen molar-refractivity contribution in [2.75, 3.05) is 13.1 Å². The predicted molar refractivity (Wildman–Crippen MR) is 143 cm³/mol. The van der Waals surface area contributed by atoms with E-state index in [2.05, 4.69) is 30.9 Å². The van der Waals surface area contributed by atoms with Crippen molar-refractivity contribution in [1.82, 2.24) is 25.9 Å². The molecule has 1 heterocycles. The Morgan fingerprint density at radius 3 is 2.12 bits per heavy atom. The molecule has 17 heteroatoms. The van der Waals surface area contributed by atoms with Crippen molar-refractivity contribution in [3.8, 4) is 0 Å². The molecule has 0 saturated heterocycles. The summed E-state index contributed by atoms with van der Waals surface area (Å²) < 4.78 is 0. The Bertz CT molecular complexity index is 998. The topological polar surface area (TPSA) is 307 Å². The molecular formula is C23H40N10O7. The molecule has 0 bridgehead atoms. The second-order valence-electron chi connectivity index (χ2n) is 9.07. The highest BCUT2D eigenvalue weighted by molar-refractivity contribution is 5.94. The first-order valence-corrected chi connectivity index (χ1v) is 12.8. The molecule has 0 saturated carbocycles. The Morgan fingerprint density at radius 1 is 0.900 bits per heavy atom. The van der Waals surface area contributed by atoms with E-state index < -0.39 is 60.2 Å². The lowest BCUT2D eigenvalue weighted by molar-refractivity contribution is -0.143. The zero-order valence-corrected chi connectivity index (χ0v) is 22.2. The number of nitrogens with zero attached hydrogens (tertiary/aromatic N) is 2. The van der Waals surface area contributed by atoms with E-state index in [-0.39, 0.29) is 38.2 Å². The van der Waals surface area contributed by atoms with E-state index in [1.807, 2.05) is 0 Å². The van der Waals surface area contributed by atoms with Crippen LogP contribution in [0.4, 0.5) is 0 Å². The van der Waals surface area contributed by atoms with Crippen LogP contribution in [0.15, 0.2) is 17.5 Å².